The van der Waals surface area contributed by atoms with E-state index in [9.17, 15) is 0 Å². The highest BCUT2D eigenvalue weighted by atomic mass is 15.3. The zero-order valence-corrected chi connectivity index (χ0v) is 14.7. The molecule has 1 aliphatic heterocycles. The minimum Gasteiger partial charge on any atom is -0.344 e. The molecule has 0 saturated heterocycles. The molecule has 0 spiro atoms. The Bertz CT molecular complexity index is 830. The molecule has 1 atom stereocenters. The third-order valence-corrected chi connectivity index (χ3v) is 4.98. The largest absolute Gasteiger partial charge is 0.344 e. The normalized spacial score (nSPS) is 18.0. The molecular formula is C23H24N2. The van der Waals surface area contributed by atoms with Gasteiger partial charge in [-0.3, -0.25) is 4.99 Å². The van der Waals surface area contributed by atoms with E-state index in [0.29, 0.717) is 0 Å². The van der Waals surface area contributed by atoms with Crippen LogP contribution in [0.5, 0.6) is 0 Å². The molecule has 0 fully saturated rings. The number of aryl methyl sites for hydroxylation is 1. The van der Waals surface area contributed by atoms with Crippen molar-refractivity contribution in [1.82, 2.24) is 4.90 Å². The molecule has 1 aliphatic carbocycles. The average molecular weight is 328 g/mol. The maximum atomic E-state index is 4.87. The fourth-order valence-electron chi connectivity index (χ4n) is 3.83. The minimum absolute atomic E-state index is 0.271. The lowest BCUT2D eigenvalue weighted by Gasteiger charge is -2.34. The van der Waals surface area contributed by atoms with E-state index in [1.165, 1.54) is 22.3 Å². The topological polar surface area (TPSA) is 15.6 Å². The number of nitrogens with zero attached hydrogens (tertiary/aromatic N) is 2. The Kier molecular flexibility index (Phi) is 4.51. The number of rotatable bonds is 4. The van der Waals surface area contributed by atoms with Crippen LogP contribution in [0.4, 0.5) is 0 Å². The summed E-state index contributed by atoms with van der Waals surface area (Å²) in [7, 11) is 0. The Labute approximate surface area is 150 Å². The molecule has 0 bridgehead atoms. The van der Waals surface area contributed by atoms with Crippen LogP contribution >= 0.6 is 0 Å². The molecule has 0 saturated carbocycles. The predicted octanol–water partition coefficient (Wildman–Crippen LogP) is 5.07. The fourth-order valence-corrected chi connectivity index (χ4v) is 3.83. The van der Waals surface area contributed by atoms with Gasteiger partial charge in [0.25, 0.3) is 0 Å². The van der Waals surface area contributed by atoms with Crippen LogP contribution in [0.15, 0.2) is 83.4 Å². The number of hydrogen-bond acceptors (Lipinski definition) is 2. The standard InChI is InChI=1S/C23H24N2/c1-18-9-8-14-21(17-18)23-24-15-16-25(23)22(19-10-4-2-5-11-19)20-12-6-3-7-13-20/h2-6,8-12,14,17,22H,7,13,15-16H2,1H3. The first-order valence-electron chi connectivity index (χ1n) is 9.11. The summed E-state index contributed by atoms with van der Waals surface area (Å²) in [5.41, 5.74) is 5.34. The lowest BCUT2D eigenvalue weighted by molar-refractivity contribution is 0.376. The van der Waals surface area contributed by atoms with E-state index in [4.69, 9.17) is 4.99 Å². The van der Waals surface area contributed by atoms with Gasteiger partial charge in [0.2, 0.25) is 0 Å². The van der Waals surface area contributed by atoms with Crippen molar-refractivity contribution in [3.63, 3.8) is 0 Å². The van der Waals surface area contributed by atoms with Gasteiger partial charge in [-0.2, -0.15) is 0 Å². The molecule has 2 aromatic carbocycles. The van der Waals surface area contributed by atoms with Crippen molar-refractivity contribution >= 4 is 5.84 Å². The zero-order chi connectivity index (χ0) is 17.1. The smallest absolute Gasteiger partial charge is 0.131 e. The molecule has 0 amide bonds. The maximum absolute atomic E-state index is 4.87. The number of benzene rings is 2. The molecule has 4 rings (SSSR count). The van der Waals surface area contributed by atoms with Gasteiger partial charge in [-0.15, -0.1) is 0 Å². The van der Waals surface area contributed by atoms with Gasteiger partial charge in [0, 0.05) is 12.1 Å². The van der Waals surface area contributed by atoms with Crippen molar-refractivity contribution in [2.75, 3.05) is 13.1 Å². The second-order valence-corrected chi connectivity index (χ2v) is 6.79. The molecule has 2 aromatic rings. The Morgan fingerprint density at radius 1 is 1.04 bits per heavy atom. The van der Waals surface area contributed by atoms with Gasteiger partial charge in [-0.25, -0.2) is 0 Å². The van der Waals surface area contributed by atoms with Gasteiger partial charge >= 0.3 is 0 Å². The van der Waals surface area contributed by atoms with Crippen molar-refractivity contribution in [3.05, 3.63) is 95.1 Å². The van der Waals surface area contributed by atoms with E-state index in [-0.39, 0.29) is 6.04 Å². The van der Waals surface area contributed by atoms with Crippen LogP contribution < -0.4 is 0 Å². The van der Waals surface area contributed by atoms with E-state index in [1.807, 2.05) is 0 Å². The fraction of sp³-hybridized carbons (Fsp3) is 0.261. The summed E-state index contributed by atoms with van der Waals surface area (Å²) in [5, 5.41) is 0. The average Bonchev–Trinajstić information content (AvgIpc) is 3.13. The molecule has 2 heteroatoms. The lowest BCUT2D eigenvalue weighted by Crippen LogP contribution is -2.34. The summed E-state index contributed by atoms with van der Waals surface area (Å²) < 4.78 is 0. The van der Waals surface area contributed by atoms with Crippen molar-refractivity contribution in [1.29, 1.82) is 0 Å². The van der Waals surface area contributed by atoms with Gasteiger partial charge in [0.05, 0.1) is 12.6 Å². The van der Waals surface area contributed by atoms with Crippen LogP contribution in [-0.4, -0.2) is 23.8 Å². The van der Waals surface area contributed by atoms with Crippen LogP contribution in [0.3, 0.4) is 0 Å². The molecule has 1 unspecified atom stereocenters. The Balaban J connectivity index is 1.75. The molecular weight excluding hydrogens is 304 g/mol. The Hall–Kier alpha value is -2.61. The molecule has 1 heterocycles. The van der Waals surface area contributed by atoms with Gasteiger partial charge in [-0.1, -0.05) is 72.3 Å². The predicted molar refractivity (Wildman–Crippen MR) is 105 cm³/mol. The number of hydrogen-bond donors (Lipinski definition) is 0. The van der Waals surface area contributed by atoms with E-state index in [0.717, 1.165) is 31.8 Å². The monoisotopic (exact) mass is 328 g/mol. The van der Waals surface area contributed by atoms with E-state index in [2.05, 4.69) is 84.6 Å². The van der Waals surface area contributed by atoms with Crippen LogP contribution in [0, 0.1) is 6.92 Å². The number of allylic oxidation sites excluding steroid dienone is 3. The number of amidine groups is 1. The quantitative estimate of drug-likeness (QED) is 0.764. The van der Waals surface area contributed by atoms with Gasteiger partial charge in [0.1, 0.15) is 5.84 Å². The van der Waals surface area contributed by atoms with Crippen molar-refractivity contribution < 1.29 is 0 Å². The van der Waals surface area contributed by atoms with Crippen molar-refractivity contribution in [3.8, 4) is 0 Å². The van der Waals surface area contributed by atoms with Crippen LogP contribution in [0.2, 0.25) is 0 Å². The summed E-state index contributed by atoms with van der Waals surface area (Å²) >= 11 is 0. The minimum atomic E-state index is 0.271. The lowest BCUT2D eigenvalue weighted by atomic mass is 9.90. The molecule has 2 aliphatic rings. The first-order chi connectivity index (χ1) is 12.3. The van der Waals surface area contributed by atoms with Gasteiger partial charge in [-0.05, 0) is 37.0 Å². The summed E-state index contributed by atoms with van der Waals surface area (Å²) in [5.74, 6) is 1.13. The Morgan fingerprint density at radius 2 is 1.92 bits per heavy atom. The summed E-state index contributed by atoms with van der Waals surface area (Å²) in [6.45, 7) is 3.99. The first-order valence-corrected chi connectivity index (χ1v) is 9.11. The van der Waals surface area contributed by atoms with Crippen molar-refractivity contribution in [2.45, 2.75) is 25.8 Å². The van der Waals surface area contributed by atoms with Crippen LogP contribution in [0.1, 0.15) is 35.6 Å². The van der Waals surface area contributed by atoms with Gasteiger partial charge < -0.3 is 4.90 Å². The third kappa shape index (κ3) is 3.30. The highest BCUT2D eigenvalue weighted by molar-refractivity contribution is 6.00. The van der Waals surface area contributed by atoms with E-state index in [1.54, 1.807) is 0 Å². The maximum Gasteiger partial charge on any atom is 0.131 e. The molecule has 0 aromatic heterocycles. The zero-order valence-electron chi connectivity index (χ0n) is 14.7. The second kappa shape index (κ2) is 7.10. The number of aliphatic imine (C=N–C) groups is 1. The highest BCUT2D eigenvalue weighted by Crippen LogP contribution is 2.35. The first kappa shape index (κ1) is 15.9. The molecule has 0 radical (unpaired) electrons. The summed E-state index contributed by atoms with van der Waals surface area (Å²) in [4.78, 5) is 7.36. The SMILES string of the molecule is Cc1cccc(C2=NCCN2C(C2=CC=CCC2)c2ccccc2)c1. The highest BCUT2D eigenvalue weighted by Gasteiger charge is 2.30. The van der Waals surface area contributed by atoms with Crippen LogP contribution in [0.25, 0.3) is 0 Å². The van der Waals surface area contributed by atoms with Crippen molar-refractivity contribution in [2.24, 2.45) is 4.99 Å². The summed E-state index contributed by atoms with van der Waals surface area (Å²) in [6, 6.07) is 19.8. The Morgan fingerprint density at radius 3 is 2.68 bits per heavy atom. The molecule has 126 valence electrons. The van der Waals surface area contributed by atoms with Gasteiger partial charge in [0.15, 0.2) is 0 Å². The molecule has 25 heavy (non-hydrogen) atoms. The summed E-state index contributed by atoms with van der Waals surface area (Å²) in [6.07, 6.45) is 9.00. The molecule has 2 nitrogen and oxygen atoms in total. The van der Waals surface area contributed by atoms with Crippen LogP contribution in [-0.2, 0) is 0 Å². The third-order valence-electron chi connectivity index (χ3n) is 4.98. The van der Waals surface area contributed by atoms with E-state index >= 15 is 0 Å². The van der Waals surface area contributed by atoms with E-state index < -0.39 is 0 Å². The second-order valence-electron chi connectivity index (χ2n) is 6.79. The molecule has 0 N–H and O–H groups in total.